The highest BCUT2D eigenvalue weighted by Gasteiger charge is 2.46. The number of carbonyl (C=O) groups is 2. The summed E-state index contributed by atoms with van der Waals surface area (Å²) >= 11 is 0. The Morgan fingerprint density at radius 2 is 1.84 bits per heavy atom. The second kappa shape index (κ2) is 6.61. The van der Waals surface area contributed by atoms with Crippen molar-refractivity contribution in [2.24, 2.45) is 17.8 Å². The van der Waals surface area contributed by atoms with Crippen LogP contribution in [0.2, 0.25) is 0 Å². The number of rotatable bonds is 5. The quantitative estimate of drug-likeness (QED) is 0.844. The van der Waals surface area contributed by atoms with E-state index in [1.807, 2.05) is 4.90 Å². The van der Waals surface area contributed by atoms with Gasteiger partial charge in [-0.1, -0.05) is 12.8 Å². The van der Waals surface area contributed by atoms with Crippen molar-refractivity contribution in [3.05, 3.63) is 17.8 Å². The summed E-state index contributed by atoms with van der Waals surface area (Å²) in [6.07, 6.45) is 6.66. The number of carboxylic acid groups (broad SMARTS) is 1. The minimum atomic E-state index is -0.722. The minimum absolute atomic E-state index is 0.174. The molecule has 1 aliphatic heterocycles. The predicted molar refractivity (Wildman–Crippen MR) is 91.3 cm³/mol. The molecule has 25 heavy (non-hydrogen) atoms. The second-order valence-electron chi connectivity index (χ2n) is 7.58. The predicted octanol–water partition coefficient (Wildman–Crippen LogP) is 1.70. The largest absolute Gasteiger partial charge is 0.481 e. The number of aromatic nitrogens is 2. The zero-order chi connectivity index (χ0) is 17.4. The first kappa shape index (κ1) is 16.3. The maximum absolute atomic E-state index is 12.2. The van der Waals surface area contributed by atoms with E-state index in [0.29, 0.717) is 30.5 Å². The molecule has 7 heteroatoms. The third-order valence-corrected chi connectivity index (χ3v) is 5.81. The standard InChI is InChI=1S/C18H24N4O3/c23-17(19-12-3-1-2-4-12)15-7-8-16(21-20-15)22-9-13(11-5-6-11)14(10-22)18(24)25/h7-8,11-14H,1-6,9-10H2,(H,19,23)(H,24,25)/t13-,14+/m0/s1. The molecule has 3 aliphatic rings. The fraction of sp³-hybridized carbons (Fsp3) is 0.667. The topological polar surface area (TPSA) is 95.4 Å². The van der Waals surface area contributed by atoms with E-state index in [2.05, 4.69) is 15.5 Å². The zero-order valence-corrected chi connectivity index (χ0v) is 14.2. The number of anilines is 1. The smallest absolute Gasteiger partial charge is 0.308 e. The average Bonchev–Trinajstić information content (AvgIpc) is 3.15. The van der Waals surface area contributed by atoms with Crippen LogP contribution in [-0.4, -0.2) is 46.3 Å². The Morgan fingerprint density at radius 3 is 2.44 bits per heavy atom. The van der Waals surface area contributed by atoms with Gasteiger partial charge in [0.25, 0.3) is 5.91 Å². The molecular weight excluding hydrogens is 320 g/mol. The molecule has 1 saturated heterocycles. The van der Waals surface area contributed by atoms with Crippen molar-refractivity contribution in [3.8, 4) is 0 Å². The van der Waals surface area contributed by atoms with Crippen LogP contribution in [0.15, 0.2) is 12.1 Å². The van der Waals surface area contributed by atoms with Crippen molar-refractivity contribution >= 4 is 17.7 Å². The number of nitrogens with zero attached hydrogens (tertiary/aromatic N) is 3. The van der Waals surface area contributed by atoms with Gasteiger partial charge in [0.2, 0.25) is 0 Å². The van der Waals surface area contributed by atoms with Crippen molar-refractivity contribution in [2.75, 3.05) is 18.0 Å². The van der Waals surface area contributed by atoms with Crippen LogP contribution in [0, 0.1) is 17.8 Å². The van der Waals surface area contributed by atoms with E-state index in [0.717, 1.165) is 38.5 Å². The van der Waals surface area contributed by atoms with Crippen LogP contribution in [0.5, 0.6) is 0 Å². The van der Waals surface area contributed by atoms with E-state index in [9.17, 15) is 14.7 Å². The van der Waals surface area contributed by atoms with E-state index >= 15 is 0 Å². The van der Waals surface area contributed by atoms with Gasteiger partial charge in [0.15, 0.2) is 11.5 Å². The van der Waals surface area contributed by atoms with E-state index in [1.54, 1.807) is 12.1 Å². The van der Waals surface area contributed by atoms with Crippen LogP contribution in [0.25, 0.3) is 0 Å². The molecule has 134 valence electrons. The number of aliphatic carboxylic acids is 1. The molecule has 0 spiro atoms. The first-order valence-electron chi connectivity index (χ1n) is 9.24. The summed E-state index contributed by atoms with van der Waals surface area (Å²) in [4.78, 5) is 25.7. The molecule has 1 aromatic heterocycles. The van der Waals surface area contributed by atoms with Gasteiger partial charge in [-0.05, 0) is 49.7 Å². The third kappa shape index (κ3) is 3.45. The van der Waals surface area contributed by atoms with Crippen molar-refractivity contribution in [1.29, 1.82) is 0 Å². The van der Waals surface area contributed by atoms with Crippen molar-refractivity contribution in [3.63, 3.8) is 0 Å². The Labute approximate surface area is 146 Å². The van der Waals surface area contributed by atoms with Crippen molar-refractivity contribution in [1.82, 2.24) is 15.5 Å². The second-order valence-corrected chi connectivity index (χ2v) is 7.58. The lowest BCUT2D eigenvalue weighted by Gasteiger charge is -2.17. The monoisotopic (exact) mass is 344 g/mol. The summed E-state index contributed by atoms with van der Waals surface area (Å²) in [5, 5.41) is 20.7. The first-order chi connectivity index (χ1) is 12.1. The number of carbonyl (C=O) groups excluding carboxylic acids is 1. The molecule has 2 heterocycles. The molecule has 2 atom stereocenters. The Morgan fingerprint density at radius 1 is 1.08 bits per heavy atom. The minimum Gasteiger partial charge on any atom is -0.481 e. The molecular formula is C18H24N4O3. The van der Waals surface area contributed by atoms with Gasteiger partial charge in [0, 0.05) is 19.1 Å². The lowest BCUT2D eigenvalue weighted by Crippen LogP contribution is -2.33. The molecule has 0 aromatic carbocycles. The molecule has 3 fully saturated rings. The van der Waals surface area contributed by atoms with Gasteiger partial charge in [0.05, 0.1) is 5.92 Å². The highest BCUT2D eigenvalue weighted by molar-refractivity contribution is 5.92. The molecule has 2 aliphatic carbocycles. The van der Waals surface area contributed by atoms with E-state index in [-0.39, 0.29) is 23.8 Å². The summed E-state index contributed by atoms with van der Waals surface area (Å²) in [5.41, 5.74) is 0.323. The third-order valence-electron chi connectivity index (χ3n) is 5.81. The van der Waals surface area contributed by atoms with Crippen LogP contribution >= 0.6 is 0 Å². The normalized spacial score (nSPS) is 26.8. The molecule has 0 radical (unpaired) electrons. The SMILES string of the molecule is O=C(NC1CCCC1)c1ccc(N2C[C@@H](C(=O)O)[C@H](C3CC3)C2)nn1. The van der Waals surface area contributed by atoms with Gasteiger partial charge in [0.1, 0.15) is 0 Å². The number of hydrogen-bond acceptors (Lipinski definition) is 5. The van der Waals surface area contributed by atoms with Crippen molar-refractivity contribution in [2.45, 2.75) is 44.6 Å². The molecule has 2 N–H and O–H groups in total. The molecule has 2 saturated carbocycles. The fourth-order valence-electron chi connectivity index (χ4n) is 4.22. The van der Waals surface area contributed by atoms with Gasteiger partial charge >= 0.3 is 5.97 Å². The van der Waals surface area contributed by atoms with Crippen LogP contribution < -0.4 is 10.2 Å². The summed E-state index contributed by atoms with van der Waals surface area (Å²) < 4.78 is 0. The molecule has 1 amide bonds. The van der Waals surface area contributed by atoms with Crippen LogP contribution in [0.3, 0.4) is 0 Å². The van der Waals surface area contributed by atoms with Gasteiger partial charge in [-0.3, -0.25) is 9.59 Å². The highest BCUT2D eigenvalue weighted by atomic mass is 16.4. The number of nitrogens with one attached hydrogen (secondary N) is 1. The van der Waals surface area contributed by atoms with E-state index < -0.39 is 5.97 Å². The Bertz CT molecular complexity index is 653. The summed E-state index contributed by atoms with van der Waals surface area (Å²) in [5.74, 6) is 0.165. The van der Waals surface area contributed by atoms with E-state index in [1.165, 1.54) is 0 Å². The fourth-order valence-corrected chi connectivity index (χ4v) is 4.22. The molecule has 4 rings (SSSR count). The number of carboxylic acids is 1. The van der Waals surface area contributed by atoms with Crippen LogP contribution in [-0.2, 0) is 4.79 Å². The Balaban J connectivity index is 1.41. The van der Waals surface area contributed by atoms with E-state index in [4.69, 9.17) is 0 Å². The zero-order valence-electron chi connectivity index (χ0n) is 14.2. The van der Waals surface area contributed by atoms with Crippen molar-refractivity contribution < 1.29 is 14.7 Å². The molecule has 7 nitrogen and oxygen atoms in total. The van der Waals surface area contributed by atoms with Crippen LogP contribution in [0.4, 0.5) is 5.82 Å². The maximum atomic E-state index is 12.2. The molecule has 0 unspecified atom stereocenters. The maximum Gasteiger partial charge on any atom is 0.308 e. The number of amides is 1. The Hall–Kier alpha value is -2.18. The molecule has 0 bridgehead atoms. The summed E-state index contributed by atoms with van der Waals surface area (Å²) in [6.45, 7) is 1.18. The highest BCUT2D eigenvalue weighted by Crippen LogP contribution is 2.44. The number of hydrogen-bond donors (Lipinski definition) is 2. The van der Waals surface area contributed by atoms with Gasteiger partial charge < -0.3 is 15.3 Å². The first-order valence-corrected chi connectivity index (χ1v) is 9.24. The molecule has 1 aromatic rings. The van der Waals surface area contributed by atoms with Crippen LogP contribution in [0.1, 0.15) is 49.0 Å². The lowest BCUT2D eigenvalue weighted by atomic mass is 9.92. The summed E-state index contributed by atoms with van der Waals surface area (Å²) in [7, 11) is 0. The Kier molecular flexibility index (Phi) is 4.31. The van der Waals surface area contributed by atoms with Gasteiger partial charge in [-0.25, -0.2) is 0 Å². The summed E-state index contributed by atoms with van der Waals surface area (Å²) in [6, 6.07) is 3.72. The van der Waals surface area contributed by atoms with Gasteiger partial charge in [-0.15, -0.1) is 10.2 Å². The lowest BCUT2D eigenvalue weighted by molar-refractivity contribution is -0.142. The van der Waals surface area contributed by atoms with Gasteiger partial charge in [-0.2, -0.15) is 0 Å². The average molecular weight is 344 g/mol.